The smallest absolute Gasteiger partial charge is 0.227 e. The van der Waals surface area contributed by atoms with Crippen molar-refractivity contribution in [3.63, 3.8) is 0 Å². The molecule has 0 radical (unpaired) electrons. The number of fused-ring (bicyclic) bond motifs is 1. The van der Waals surface area contributed by atoms with Gasteiger partial charge in [-0.25, -0.2) is 0 Å². The average molecular weight is 396 g/mol. The van der Waals surface area contributed by atoms with Crippen LogP contribution in [0, 0.1) is 6.92 Å². The van der Waals surface area contributed by atoms with Gasteiger partial charge in [0, 0.05) is 27.7 Å². The maximum absolute atomic E-state index is 12.3. The molecule has 0 aliphatic carbocycles. The second-order valence-corrected chi connectivity index (χ2v) is 7.08. The summed E-state index contributed by atoms with van der Waals surface area (Å²) in [5.41, 5.74) is 2.83. The highest BCUT2D eigenvalue weighted by atomic mass is 35.5. The molecule has 3 N–H and O–H groups in total. The average Bonchev–Trinajstić information content (AvgIpc) is 3.01. The third kappa shape index (κ3) is 3.09. The fourth-order valence-corrected chi connectivity index (χ4v) is 3.83. The first kappa shape index (κ1) is 18.3. The second kappa shape index (κ2) is 7.19. The first-order chi connectivity index (χ1) is 13.5. The highest BCUT2D eigenvalue weighted by molar-refractivity contribution is 6.30. The molecule has 2 heterocycles. The largest absolute Gasteiger partial charge is 0.502 e. The zero-order valence-corrected chi connectivity index (χ0v) is 15.8. The van der Waals surface area contributed by atoms with Gasteiger partial charge < -0.3 is 19.6 Å². The fraction of sp³-hybridized carbons (Fsp3) is 0.136. The lowest BCUT2D eigenvalue weighted by Crippen LogP contribution is -2.11. The summed E-state index contributed by atoms with van der Waals surface area (Å²) in [7, 11) is 0. The number of hydrogen-bond donors (Lipinski definition) is 3. The number of aromatic amines is 1. The van der Waals surface area contributed by atoms with Crippen molar-refractivity contribution in [2.45, 2.75) is 19.4 Å². The summed E-state index contributed by atoms with van der Waals surface area (Å²) in [4.78, 5) is 15.6. The predicted octanol–water partition coefficient (Wildman–Crippen LogP) is 4.46. The summed E-state index contributed by atoms with van der Waals surface area (Å²) in [5.74, 6) is -0.908. The number of aliphatic hydroxyl groups is 1. The molecule has 28 heavy (non-hydrogen) atoms. The van der Waals surface area contributed by atoms with E-state index in [1.807, 2.05) is 37.3 Å². The number of halogens is 1. The van der Waals surface area contributed by atoms with Crippen LogP contribution in [-0.2, 0) is 6.61 Å². The van der Waals surface area contributed by atoms with Crippen molar-refractivity contribution in [1.82, 2.24) is 4.98 Å². The van der Waals surface area contributed by atoms with Crippen molar-refractivity contribution >= 4 is 22.5 Å². The first-order valence-corrected chi connectivity index (χ1v) is 9.16. The molecule has 4 rings (SSSR count). The number of para-hydroxylation sites is 1. The molecule has 2 aromatic carbocycles. The van der Waals surface area contributed by atoms with Crippen LogP contribution < -0.4 is 5.43 Å². The minimum absolute atomic E-state index is 0.0756. The molecule has 1 atom stereocenters. The number of rotatable bonds is 4. The molecule has 0 aliphatic heterocycles. The Bertz CT molecular complexity index is 1220. The third-order valence-electron chi connectivity index (χ3n) is 4.83. The van der Waals surface area contributed by atoms with Crippen LogP contribution in [0.4, 0.5) is 0 Å². The normalized spacial score (nSPS) is 12.4. The molecular formula is C22H18ClNO4. The highest BCUT2D eigenvalue weighted by Gasteiger charge is 2.29. The van der Waals surface area contributed by atoms with Crippen molar-refractivity contribution in [3.05, 3.63) is 98.2 Å². The number of hydrogen-bond acceptors (Lipinski definition) is 4. The van der Waals surface area contributed by atoms with Gasteiger partial charge in [-0.05, 0) is 36.2 Å². The number of aliphatic hydroxyl groups excluding tert-OH is 1. The molecule has 5 nitrogen and oxygen atoms in total. The van der Waals surface area contributed by atoms with Crippen LogP contribution in [0.2, 0.25) is 5.02 Å². The number of aryl methyl sites for hydroxylation is 1. The topological polar surface area (TPSA) is 86.5 Å². The SMILES string of the molecule is Cc1[nH]c2ccccc2c1C(c1cccc(Cl)c1)c1oc(CO)cc(=O)c1O. The van der Waals surface area contributed by atoms with Crippen molar-refractivity contribution in [2.24, 2.45) is 0 Å². The highest BCUT2D eigenvalue weighted by Crippen LogP contribution is 2.41. The van der Waals surface area contributed by atoms with Crippen LogP contribution >= 0.6 is 11.6 Å². The summed E-state index contributed by atoms with van der Waals surface area (Å²) < 4.78 is 5.77. The molecule has 6 heteroatoms. The van der Waals surface area contributed by atoms with Gasteiger partial charge in [0.1, 0.15) is 12.4 Å². The van der Waals surface area contributed by atoms with Crippen LogP contribution in [-0.4, -0.2) is 15.2 Å². The van der Waals surface area contributed by atoms with Gasteiger partial charge >= 0.3 is 0 Å². The van der Waals surface area contributed by atoms with Gasteiger partial charge in [-0.3, -0.25) is 4.79 Å². The lowest BCUT2D eigenvalue weighted by atomic mass is 9.86. The lowest BCUT2D eigenvalue weighted by molar-refractivity contribution is 0.235. The molecule has 0 aliphatic rings. The summed E-state index contributed by atoms with van der Waals surface area (Å²) in [6.07, 6.45) is 0. The van der Waals surface area contributed by atoms with E-state index in [1.54, 1.807) is 18.2 Å². The molecule has 2 aromatic heterocycles. The van der Waals surface area contributed by atoms with E-state index in [4.69, 9.17) is 16.0 Å². The monoisotopic (exact) mass is 395 g/mol. The maximum atomic E-state index is 12.3. The van der Waals surface area contributed by atoms with E-state index in [1.165, 1.54) is 0 Å². The maximum Gasteiger partial charge on any atom is 0.227 e. The van der Waals surface area contributed by atoms with Crippen molar-refractivity contribution < 1.29 is 14.6 Å². The number of aromatic nitrogens is 1. The van der Waals surface area contributed by atoms with Gasteiger partial charge in [-0.2, -0.15) is 0 Å². The minimum atomic E-state index is -0.602. The number of nitrogens with one attached hydrogen (secondary N) is 1. The zero-order chi connectivity index (χ0) is 19.8. The molecule has 0 amide bonds. The van der Waals surface area contributed by atoms with Crippen LogP contribution in [0.25, 0.3) is 10.9 Å². The van der Waals surface area contributed by atoms with Crippen LogP contribution in [0.1, 0.15) is 34.3 Å². The Morgan fingerprint density at radius 1 is 1.14 bits per heavy atom. The zero-order valence-electron chi connectivity index (χ0n) is 15.1. The third-order valence-corrected chi connectivity index (χ3v) is 5.07. The molecule has 4 aromatic rings. The molecule has 0 bridgehead atoms. The van der Waals surface area contributed by atoms with E-state index < -0.39 is 23.7 Å². The summed E-state index contributed by atoms with van der Waals surface area (Å²) >= 11 is 6.22. The van der Waals surface area contributed by atoms with Crippen molar-refractivity contribution in [1.29, 1.82) is 0 Å². The number of H-pyrrole nitrogens is 1. The number of aromatic hydroxyl groups is 1. The minimum Gasteiger partial charge on any atom is -0.502 e. The quantitative estimate of drug-likeness (QED) is 0.476. The van der Waals surface area contributed by atoms with Gasteiger partial charge in [0.15, 0.2) is 5.76 Å². The Balaban J connectivity index is 2.08. The van der Waals surface area contributed by atoms with Gasteiger partial charge in [-0.15, -0.1) is 0 Å². The van der Waals surface area contributed by atoms with Crippen LogP contribution in [0.3, 0.4) is 0 Å². The van der Waals surface area contributed by atoms with Crippen molar-refractivity contribution in [2.75, 3.05) is 0 Å². The Labute approximate surface area is 165 Å². The molecule has 0 saturated heterocycles. The first-order valence-electron chi connectivity index (χ1n) is 8.79. The predicted molar refractivity (Wildman–Crippen MR) is 108 cm³/mol. The van der Waals surface area contributed by atoms with E-state index in [0.29, 0.717) is 5.02 Å². The second-order valence-electron chi connectivity index (χ2n) is 6.65. The van der Waals surface area contributed by atoms with Gasteiger partial charge in [0.05, 0.1) is 5.92 Å². The summed E-state index contributed by atoms with van der Waals surface area (Å²) in [5, 5.41) is 21.5. The molecule has 0 spiro atoms. The molecular weight excluding hydrogens is 378 g/mol. The summed E-state index contributed by atoms with van der Waals surface area (Å²) in [6.45, 7) is 1.48. The van der Waals surface area contributed by atoms with E-state index in [9.17, 15) is 15.0 Å². The Hall–Kier alpha value is -3.02. The molecule has 0 saturated carbocycles. The number of benzene rings is 2. The fourth-order valence-electron chi connectivity index (χ4n) is 3.63. The van der Waals surface area contributed by atoms with E-state index in [-0.39, 0.29) is 11.5 Å². The van der Waals surface area contributed by atoms with Gasteiger partial charge in [0.2, 0.25) is 11.2 Å². The van der Waals surface area contributed by atoms with Crippen molar-refractivity contribution in [3.8, 4) is 5.75 Å². The van der Waals surface area contributed by atoms with E-state index in [2.05, 4.69) is 4.98 Å². The molecule has 142 valence electrons. The van der Waals surface area contributed by atoms with Gasteiger partial charge in [-0.1, -0.05) is 41.9 Å². The van der Waals surface area contributed by atoms with E-state index >= 15 is 0 Å². The summed E-state index contributed by atoms with van der Waals surface area (Å²) in [6, 6.07) is 16.1. The van der Waals surface area contributed by atoms with Gasteiger partial charge in [0.25, 0.3) is 0 Å². The lowest BCUT2D eigenvalue weighted by Gasteiger charge is -2.19. The molecule has 0 fully saturated rings. The Morgan fingerprint density at radius 2 is 1.93 bits per heavy atom. The van der Waals surface area contributed by atoms with Crippen LogP contribution in [0.15, 0.2) is 63.8 Å². The Morgan fingerprint density at radius 3 is 2.68 bits per heavy atom. The standard InChI is InChI=1S/C22H18ClNO4/c1-12-19(16-7-2-3-8-17(16)24-12)20(13-5-4-6-14(23)9-13)22-21(27)18(26)10-15(11-25)28-22/h2-10,20,24-25,27H,11H2,1H3. The van der Waals surface area contributed by atoms with Crippen LogP contribution in [0.5, 0.6) is 5.75 Å². The van der Waals surface area contributed by atoms with E-state index in [0.717, 1.165) is 33.8 Å². The Kier molecular flexibility index (Phi) is 4.71. The molecule has 1 unspecified atom stereocenters.